The van der Waals surface area contributed by atoms with Gasteiger partial charge in [-0.05, 0) is 12.8 Å². The molecular weight excluding hydrogens is 548 g/mol. The molecular formula is C38H38Zr. The van der Waals surface area contributed by atoms with Crippen LogP contribution >= 0.6 is 0 Å². The van der Waals surface area contributed by atoms with E-state index in [1.807, 2.05) is 0 Å². The van der Waals surface area contributed by atoms with Crippen molar-refractivity contribution in [3.63, 3.8) is 0 Å². The first-order valence-electron chi connectivity index (χ1n) is 14.2. The van der Waals surface area contributed by atoms with Crippen molar-refractivity contribution in [2.24, 2.45) is 0 Å². The third kappa shape index (κ3) is 8.00. The Hall–Kier alpha value is -3.02. The molecule has 0 nitrogen and oxygen atoms in total. The molecule has 0 amide bonds. The Bertz CT molecular complexity index is 1450. The van der Waals surface area contributed by atoms with E-state index in [1.54, 1.807) is 0 Å². The number of benzene rings is 4. The summed E-state index contributed by atoms with van der Waals surface area (Å²) in [4.78, 5) is 0. The summed E-state index contributed by atoms with van der Waals surface area (Å²) < 4.78 is 1.42. The fraction of sp³-hybridized carbons (Fsp3) is 0.211. The summed E-state index contributed by atoms with van der Waals surface area (Å²) in [5.41, 5.74) is 6.90. The summed E-state index contributed by atoms with van der Waals surface area (Å²) in [5, 5.41) is 5.54. The van der Waals surface area contributed by atoms with Crippen molar-refractivity contribution in [3.8, 4) is 0 Å². The maximum absolute atomic E-state index is 3.26. The number of hydrogen-bond donors (Lipinski definition) is 0. The van der Waals surface area contributed by atoms with Gasteiger partial charge in [0.05, 0.1) is 0 Å². The van der Waals surface area contributed by atoms with Crippen molar-refractivity contribution >= 4 is 24.8 Å². The Morgan fingerprint density at radius 2 is 1.23 bits per heavy atom. The van der Waals surface area contributed by atoms with Crippen LogP contribution in [0, 0.1) is 6.08 Å². The third-order valence-electron chi connectivity index (χ3n) is 7.06. The van der Waals surface area contributed by atoms with Crippen LogP contribution in [0.5, 0.6) is 0 Å². The predicted octanol–water partition coefficient (Wildman–Crippen LogP) is 10.1. The van der Waals surface area contributed by atoms with Gasteiger partial charge >= 0.3 is 99.2 Å². The Morgan fingerprint density at radius 1 is 0.718 bits per heavy atom. The van der Waals surface area contributed by atoms with E-state index in [9.17, 15) is 0 Å². The summed E-state index contributed by atoms with van der Waals surface area (Å²) in [7, 11) is 0. The molecule has 1 heteroatoms. The normalized spacial score (nSPS) is 12.0. The zero-order valence-electron chi connectivity index (χ0n) is 23.5. The Kier molecular flexibility index (Phi) is 11.1. The molecule has 0 saturated carbocycles. The van der Waals surface area contributed by atoms with Gasteiger partial charge in [0, 0.05) is 0 Å². The van der Waals surface area contributed by atoms with E-state index in [4.69, 9.17) is 0 Å². The summed E-state index contributed by atoms with van der Waals surface area (Å²) in [6.07, 6.45) is 13.3. The van der Waals surface area contributed by atoms with Gasteiger partial charge in [0.1, 0.15) is 0 Å². The first kappa shape index (κ1) is 29.0. The van der Waals surface area contributed by atoms with Crippen LogP contribution in [-0.4, -0.2) is 3.21 Å². The minimum atomic E-state index is 1.04. The first-order chi connectivity index (χ1) is 19.1. The van der Waals surface area contributed by atoms with Crippen molar-refractivity contribution in [1.29, 1.82) is 0 Å². The van der Waals surface area contributed by atoms with Gasteiger partial charge < -0.3 is 0 Å². The maximum atomic E-state index is 3.26. The van der Waals surface area contributed by atoms with Crippen molar-refractivity contribution in [3.05, 3.63) is 149 Å². The molecule has 0 atom stereocenters. The Balaban J connectivity index is 0.000000145. The van der Waals surface area contributed by atoms with E-state index in [-0.39, 0.29) is 0 Å². The van der Waals surface area contributed by atoms with E-state index in [2.05, 4.69) is 142 Å². The van der Waals surface area contributed by atoms with Crippen LogP contribution in [0.2, 0.25) is 0 Å². The van der Waals surface area contributed by atoms with Crippen LogP contribution in [0.15, 0.2) is 121 Å². The Labute approximate surface area is 249 Å². The molecule has 194 valence electrons. The molecule has 5 aromatic carbocycles. The molecule has 5 aromatic rings. The van der Waals surface area contributed by atoms with Crippen LogP contribution in [0.1, 0.15) is 62.3 Å². The van der Waals surface area contributed by atoms with Gasteiger partial charge in [-0.25, -0.2) is 11.6 Å². The number of aryl methyl sites for hydroxylation is 2. The average Bonchev–Trinajstić information content (AvgIpc) is 3.65. The fourth-order valence-corrected chi connectivity index (χ4v) is 5.65. The van der Waals surface area contributed by atoms with Crippen molar-refractivity contribution in [2.45, 2.75) is 52.9 Å². The quantitative estimate of drug-likeness (QED) is 0.174. The zero-order chi connectivity index (χ0) is 27.5. The topological polar surface area (TPSA) is 0 Å². The molecule has 39 heavy (non-hydrogen) atoms. The number of rotatable bonds is 6. The van der Waals surface area contributed by atoms with Crippen LogP contribution in [0.4, 0.5) is 0 Å². The second-order valence-electron chi connectivity index (χ2n) is 9.86. The van der Waals surface area contributed by atoms with E-state index < -0.39 is 0 Å². The van der Waals surface area contributed by atoms with E-state index in [1.165, 1.54) is 89.7 Å². The SMILES string of the molecule is CCCC1=[C-]CC=C1.CCc1ccc2c(c1)[cH-]c1cc(CC)ccc12.[Zr+2]=[C](c1ccccc1)c1ccccc1. The zero-order valence-corrected chi connectivity index (χ0v) is 26.0. The van der Waals surface area contributed by atoms with Gasteiger partial charge in [0.2, 0.25) is 0 Å². The molecule has 0 aromatic heterocycles. The van der Waals surface area contributed by atoms with Crippen LogP contribution < -0.4 is 0 Å². The molecule has 1 aliphatic rings. The van der Waals surface area contributed by atoms with Gasteiger partial charge in [0.25, 0.3) is 0 Å². The summed E-state index contributed by atoms with van der Waals surface area (Å²) in [6, 6.07) is 37.1. The number of fused-ring (bicyclic) bond motifs is 3. The third-order valence-corrected chi connectivity index (χ3v) is 8.48. The number of allylic oxidation sites excluding steroid dienone is 4. The van der Waals surface area contributed by atoms with Gasteiger partial charge in [-0.2, -0.15) is 6.08 Å². The predicted molar refractivity (Wildman–Crippen MR) is 167 cm³/mol. The minimum absolute atomic E-state index is 1.04. The van der Waals surface area contributed by atoms with Gasteiger partial charge in [-0.3, -0.25) is 6.08 Å². The molecule has 0 spiro atoms. The second kappa shape index (κ2) is 15.0. The summed E-state index contributed by atoms with van der Waals surface area (Å²) in [6.45, 7) is 6.61. The van der Waals surface area contributed by atoms with Crippen molar-refractivity contribution in [2.75, 3.05) is 0 Å². The molecule has 0 aliphatic heterocycles. The molecule has 0 unspecified atom stereocenters. The van der Waals surface area contributed by atoms with Gasteiger partial charge in [-0.1, -0.05) is 69.0 Å². The molecule has 0 saturated heterocycles. The molecule has 0 bridgehead atoms. The monoisotopic (exact) mass is 584 g/mol. The van der Waals surface area contributed by atoms with E-state index >= 15 is 0 Å². The van der Waals surface area contributed by atoms with Crippen LogP contribution in [-0.2, 0) is 37.1 Å². The van der Waals surface area contributed by atoms with Crippen LogP contribution in [0.25, 0.3) is 21.5 Å². The molecule has 0 radical (unpaired) electrons. The fourth-order valence-electron chi connectivity index (χ4n) is 4.83. The van der Waals surface area contributed by atoms with Crippen molar-refractivity contribution < 1.29 is 24.2 Å². The van der Waals surface area contributed by atoms with E-state index in [0.29, 0.717) is 0 Å². The van der Waals surface area contributed by atoms with E-state index in [0.717, 1.165) is 19.3 Å². The summed E-state index contributed by atoms with van der Waals surface area (Å²) >= 11 is 1.46. The van der Waals surface area contributed by atoms with Gasteiger partial charge in [0.15, 0.2) is 0 Å². The molecule has 1 aliphatic carbocycles. The van der Waals surface area contributed by atoms with Crippen molar-refractivity contribution in [1.82, 2.24) is 0 Å². The Morgan fingerprint density at radius 3 is 1.64 bits per heavy atom. The van der Waals surface area contributed by atoms with Crippen LogP contribution in [0.3, 0.4) is 0 Å². The second-order valence-corrected chi connectivity index (χ2v) is 11.1. The summed E-state index contributed by atoms with van der Waals surface area (Å²) in [5.74, 6) is 0. The number of hydrogen-bond acceptors (Lipinski definition) is 0. The average molecular weight is 586 g/mol. The molecule has 6 rings (SSSR count). The van der Waals surface area contributed by atoms with Gasteiger partial charge in [-0.15, -0.1) is 46.2 Å². The standard InChI is InChI=1S/C17H17.C13H10.C8H11.Zr/c1-3-12-5-7-16-14(9-12)11-15-10-13(4-2)6-8-17(15)16;1-3-7-12(8-4-1)11-13-9-5-2-6-10-13;1-2-5-8-6-3-4-7-8;/h5-11H,3-4H2,1-2H3;1-10H;3,6H,2,4-5H2,1H3;/q-1;;-1;+2. The molecule has 0 fully saturated rings. The first-order valence-corrected chi connectivity index (χ1v) is 15.4. The molecule has 0 N–H and O–H groups in total. The molecule has 0 heterocycles.